The summed E-state index contributed by atoms with van der Waals surface area (Å²) in [5.41, 5.74) is 13.2. The number of rotatable bonds is 4. The average Bonchev–Trinajstić information content (AvgIpc) is 2.16. The molecule has 0 spiro atoms. The molecule has 0 aromatic carbocycles. The Morgan fingerprint density at radius 2 is 2.38 bits per heavy atom. The third-order valence-electron chi connectivity index (χ3n) is 2.09. The fourth-order valence-electron chi connectivity index (χ4n) is 1.43. The van der Waals surface area contributed by atoms with E-state index in [0.717, 1.165) is 31.0 Å². The highest BCUT2D eigenvalue weighted by Crippen LogP contribution is 2.11. The Hall–Kier alpha value is -1.16. The van der Waals surface area contributed by atoms with Crippen molar-refractivity contribution < 1.29 is 0 Å². The summed E-state index contributed by atoms with van der Waals surface area (Å²) in [6, 6.07) is 0. The van der Waals surface area contributed by atoms with Gasteiger partial charge in [-0.1, -0.05) is 0 Å². The van der Waals surface area contributed by atoms with Crippen LogP contribution in [0.15, 0.2) is 23.7 Å². The predicted molar refractivity (Wildman–Crippen MR) is 54.7 cm³/mol. The van der Waals surface area contributed by atoms with E-state index in [0.29, 0.717) is 6.54 Å². The van der Waals surface area contributed by atoms with Crippen molar-refractivity contribution in [1.82, 2.24) is 10.2 Å². The van der Waals surface area contributed by atoms with Gasteiger partial charge in [-0.2, -0.15) is 0 Å². The molecule has 0 fully saturated rings. The number of dihydropyridines is 1. The molecule has 0 bridgehead atoms. The normalized spacial score (nSPS) is 15.8. The van der Waals surface area contributed by atoms with Gasteiger partial charge in [0, 0.05) is 32.4 Å². The first-order chi connectivity index (χ1) is 6.29. The van der Waals surface area contributed by atoms with E-state index in [4.69, 9.17) is 11.5 Å². The van der Waals surface area contributed by atoms with Crippen molar-refractivity contribution in [3.63, 3.8) is 0 Å². The summed E-state index contributed by atoms with van der Waals surface area (Å²) < 4.78 is 0. The molecule has 0 unspecified atom stereocenters. The van der Waals surface area contributed by atoms with E-state index in [1.165, 1.54) is 0 Å². The first-order valence-electron chi connectivity index (χ1n) is 4.64. The molecule has 0 atom stereocenters. The van der Waals surface area contributed by atoms with Gasteiger partial charge in [-0.05, 0) is 13.0 Å². The molecule has 0 amide bonds. The monoisotopic (exact) mass is 182 g/mol. The lowest BCUT2D eigenvalue weighted by atomic mass is 10.2. The zero-order chi connectivity index (χ0) is 9.68. The molecule has 1 aliphatic heterocycles. The summed E-state index contributed by atoms with van der Waals surface area (Å²) in [4.78, 5) is 2.19. The molecule has 13 heavy (non-hydrogen) atoms. The minimum absolute atomic E-state index is 0.659. The maximum Gasteiger partial charge on any atom is 0.0708 e. The fraction of sp³-hybridized carbons (Fsp3) is 0.556. The van der Waals surface area contributed by atoms with Gasteiger partial charge in [0.1, 0.15) is 0 Å². The van der Waals surface area contributed by atoms with Crippen LogP contribution in [-0.2, 0) is 0 Å². The summed E-state index contributed by atoms with van der Waals surface area (Å²) >= 11 is 0. The van der Waals surface area contributed by atoms with Crippen LogP contribution in [-0.4, -0.2) is 31.1 Å². The van der Waals surface area contributed by atoms with Gasteiger partial charge in [-0.3, -0.25) is 0 Å². The van der Waals surface area contributed by atoms with Crippen LogP contribution >= 0.6 is 0 Å². The largest absolute Gasteiger partial charge is 0.396 e. The van der Waals surface area contributed by atoms with E-state index in [1.807, 2.05) is 6.20 Å². The van der Waals surface area contributed by atoms with Gasteiger partial charge >= 0.3 is 0 Å². The zero-order valence-electron chi connectivity index (χ0n) is 8.09. The Kier molecular flexibility index (Phi) is 3.64. The van der Waals surface area contributed by atoms with Crippen LogP contribution in [0, 0.1) is 0 Å². The van der Waals surface area contributed by atoms with Crippen molar-refractivity contribution in [2.45, 2.75) is 6.92 Å². The van der Waals surface area contributed by atoms with Crippen molar-refractivity contribution in [2.24, 2.45) is 11.5 Å². The van der Waals surface area contributed by atoms with Gasteiger partial charge in [0.2, 0.25) is 0 Å². The second-order valence-electron chi connectivity index (χ2n) is 2.97. The lowest BCUT2D eigenvalue weighted by Gasteiger charge is -2.27. The van der Waals surface area contributed by atoms with Gasteiger partial charge in [0.15, 0.2) is 0 Å². The van der Waals surface area contributed by atoms with Gasteiger partial charge < -0.3 is 21.7 Å². The molecule has 1 aliphatic rings. The van der Waals surface area contributed by atoms with Gasteiger partial charge in [0.05, 0.1) is 11.4 Å². The molecule has 0 aliphatic carbocycles. The van der Waals surface area contributed by atoms with E-state index >= 15 is 0 Å². The third kappa shape index (κ3) is 2.39. The molecule has 4 heteroatoms. The summed E-state index contributed by atoms with van der Waals surface area (Å²) in [6.07, 6.45) is 3.93. The van der Waals surface area contributed by atoms with E-state index < -0.39 is 0 Å². The lowest BCUT2D eigenvalue weighted by molar-refractivity contribution is 0.374. The van der Waals surface area contributed by atoms with Crippen molar-refractivity contribution in [1.29, 1.82) is 0 Å². The Bertz CT molecular complexity index is 220. The molecule has 74 valence electrons. The van der Waals surface area contributed by atoms with Crippen LogP contribution in [0.4, 0.5) is 0 Å². The molecule has 5 N–H and O–H groups in total. The minimum Gasteiger partial charge on any atom is -0.396 e. The maximum absolute atomic E-state index is 5.83. The number of nitrogens with one attached hydrogen (secondary N) is 1. The van der Waals surface area contributed by atoms with Gasteiger partial charge in [0.25, 0.3) is 0 Å². The van der Waals surface area contributed by atoms with Crippen molar-refractivity contribution >= 4 is 0 Å². The van der Waals surface area contributed by atoms with E-state index in [-0.39, 0.29) is 0 Å². The van der Waals surface area contributed by atoms with Gasteiger partial charge in [-0.25, -0.2) is 0 Å². The SMILES string of the molecule is CCN(CCN)C1=CCNC=C1N. The molecular weight excluding hydrogens is 164 g/mol. The molecular formula is C9H18N4. The minimum atomic E-state index is 0.659. The molecule has 0 saturated heterocycles. The molecule has 1 heterocycles. The highest BCUT2D eigenvalue weighted by Gasteiger charge is 2.11. The van der Waals surface area contributed by atoms with Gasteiger partial charge in [-0.15, -0.1) is 0 Å². The Balaban J connectivity index is 2.67. The topological polar surface area (TPSA) is 67.3 Å². The summed E-state index contributed by atoms with van der Waals surface area (Å²) in [7, 11) is 0. The lowest BCUT2D eigenvalue weighted by Crippen LogP contribution is -2.33. The van der Waals surface area contributed by atoms with E-state index in [9.17, 15) is 0 Å². The zero-order valence-corrected chi connectivity index (χ0v) is 8.09. The Morgan fingerprint density at radius 3 is 2.92 bits per heavy atom. The van der Waals surface area contributed by atoms with Crippen LogP contribution in [0.3, 0.4) is 0 Å². The fourth-order valence-corrected chi connectivity index (χ4v) is 1.43. The number of hydrogen-bond donors (Lipinski definition) is 3. The highest BCUT2D eigenvalue weighted by atomic mass is 15.2. The van der Waals surface area contributed by atoms with Crippen LogP contribution in [0.5, 0.6) is 0 Å². The first kappa shape index (κ1) is 9.92. The summed E-state index contributed by atoms with van der Waals surface area (Å²) in [5, 5.41) is 3.06. The van der Waals surface area contributed by atoms with E-state index in [2.05, 4.69) is 23.2 Å². The molecule has 0 aromatic heterocycles. The van der Waals surface area contributed by atoms with Crippen molar-refractivity contribution in [3.05, 3.63) is 23.7 Å². The van der Waals surface area contributed by atoms with Crippen molar-refractivity contribution in [3.8, 4) is 0 Å². The highest BCUT2D eigenvalue weighted by molar-refractivity contribution is 5.29. The van der Waals surface area contributed by atoms with Crippen LogP contribution in [0.1, 0.15) is 6.92 Å². The molecule has 0 aromatic rings. The predicted octanol–water partition coefficient (Wildman–Crippen LogP) is -0.446. The average molecular weight is 182 g/mol. The standard InChI is InChI=1S/C9H18N4/c1-2-13(6-4-10)9-3-5-12-7-8(9)11/h3,7,12H,2,4-6,10-11H2,1H3. The number of nitrogens with zero attached hydrogens (tertiary/aromatic N) is 1. The molecule has 1 rings (SSSR count). The number of hydrogen-bond acceptors (Lipinski definition) is 4. The quantitative estimate of drug-likeness (QED) is 0.551. The number of likely N-dealkylation sites (N-methyl/N-ethyl adjacent to an activating group) is 1. The smallest absolute Gasteiger partial charge is 0.0708 e. The second-order valence-corrected chi connectivity index (χ2v) is 2.97. The van der Waals surface area contributed by atoms with Crippen LogP contribution in [0.2, 0.25) is 0 Å². The third-order valence-corrected chi connectivity index (χ3v) is 2.09. The first-order valence-corrected chi connectivity index (χ1v) is 4.64. The Morgan fingerprint density at radius 1 is 1.62 bits per heavy atom. The summed E-state index contributed by atoms with van der Waals surface area (Å²) in [5.74, 6) is 0. The van der Waals surface area contributed by atoms with Crippen LogP contribution in [0.25, 0.3) is 0 Å². The molecule has 0 radical (unpaired) electrons. The Labute approximate surface area is 79.3 Å². The van der Waals surface area contributed by atoms with Crippen molar-refractivity contribution in [2.75, 3.05) is 26.2 Å². The molecule has 4 nitrogen and oxygen atoms in total. The van der Waals surface area contributed by atoms with Crippen LogP contribution < -0.4 is 16.8 Å². The number of nitrogens with two attached hydrogens (primary N) is 2. The maximum atomic E-state index is 5.83. The summed E-state index contributed by atoms with van der Waals surface area (Å²) in [6.45, 7) is 5.41. The molecule has 0 saturated carbocycles. The van der Waals surface area contributed by atoms with E-state index in [1.54, 1.807) is 0 Å². The second kappa shape index (κ2) is 4.77.